The molecule has 0 fully saturated rings. The normalized spacial score (nSPS) is 11.9. The molecule has 0 aromatic carbocycles. The van der Waals surface area contributed by atoms with Gasteiger partial charge in [0, 0.05) is 0 Å². The third kappa shape index (κ3) is 5.31. The van der Waals surface area contributed by atoms with Gasteiger partial charge in [0.05, 0.1) is 0 Å². The zero-order chi connectivity index (χ0) is 20.6. The van der Waals surface area contributed by atoms with E-state index in [0.29, 0.717) is 0 Å². The van der Waals surface area contributed by atoms with Crippen LogP contribution >= 0.6 is 0 Å². The predicted octanol–water partition coefficient (Wildman–Crippen LogP) is 5.42. The van der Waals surface area contributed by atoms with Crippen LogP contribution in [0.4, 0.5) is 5.82 Å². The van der Waals surface area contributed by atoms with Crippen molar-refractivity contribution in [3.05, 3.63) is 28.7 Å². The summed E-state index contributed by atoms with van der Waals surface area (Å²) in [4.78, 5) is 18.1. The van der Waals surface area contributed by atoms with E-state index < -0.39 is 18.4 Å². The summed E-state index contributed by atoms with van der Waals surface area (Å²) in [7, 11) is 1.94. The van der Waals surface area contributed by atoms with Gasteiger partial charge in [-0.25, -0.2) is 0 Å². The second kappa shape index (κ2) is 11.2. The first-order valence-corrected chi connectivity index (χ1v) is 18.7. The SMILES string of the molecule is CCC[CH2][Sn]([CH2]CCC)([CH2]CCC)[c]1cc2cnc(NCC)cc2n(C)c1=O. The van der Waals surface area contributed by atoms with Crippen molar-refractivity contribution >= 4 is 38.7 Å². The second-order valence-electron chi connectivity index (χ2n) is 8.17. The van der Waals surface area contributed by atoms with E-state index in [-0.39, 0.29) is 5.56 Å². The molecule has 0 spiro atoms. The van der Waals surface area contributed by atoms with E-state index in [2.05, 4.69) is 44.1 Å². The number of pyridine rings is 2. The Labute approximate surface area is 175 Å². The molecule has 0 saturated heterocycles. The Balaban J connectivity index is 2.64. The van der Waals surface area contributed by atoms with Crippen molar-refractivity contribution in [2.45, 2.75) is 79.5 Å². The van der Waals surface area contributed by atoms with Gasteiger partial charge in [0.15, 0.2) is 0 Å². The summed E-state index contributed by atoms with van der Waals surface area (Å²) in [6.45, 7) is 9.73. The van der Waals surface area contributed by atoms with Crippen molar-refractivity contribution in [1.29, 1.82) is 0 Å². The summed E-state index contributed by atoms with van der Waals surface area (Å²) in [5.41, 5.74) is 1.25. The molecule has 0 unspecified atom stereocenters. The first-order chi connectivity index (χ1) is 13.5. The molecule has 5 heteroatoms. The van der Waals surface area contributed by atoms with Crippen LogP contribution in [0, 0.1) is 0 Å². The summed E-state index contributed by atoms with van der Waals surface area (Å²) in [5.74, 6) is 0.843. The molecule has 0 bridgehead atoms. The molecule has 0 aliphatic carbocycles. The van der Waals surface area contributed by atoms with Gasteiger partial charge in [0.1, 0.15) is 0 Å². The van der Waals surface area contributed by atoms with Gasteiger partial charge < -0.3 is 0 Å². The van der Waals surface area contributed by atoms with Crippen LogP contribution in [0.25, 0.3) is 10.9 Å². The summed E-state index contributed by atoms with van der Waals surface area (Å²) < 4.78 is 7.05. The van der Waals surface area contributed by atoms with E-state index in [1.54, 1.807) is 0 Å². The molecule has 1 N–H and O–H groups in total. The number of hydrogen-bond acceptors (Lipinski definition) is 3. The van der Waals surface area contributed by atoms with Gasteiger partial charge in [0.2, 0.25) is 0 Å². The Hall–Kier alpha value is -1.04. The quantitative estimate of drug-likeness (QED) is 0.403. The number of rotatable bonds is 12. The molecule has 0 radical (unpaired) electrons. The third-order valence-corrected chi connectivity index (χ3v) is 21.6. The van der Waals surface area contributed by atoms with Crippen LogP contribution in [-0.2, 0) is 7.05 Å². The van der Waals surface area contributed by atoms with Gasteiger partial charge in [-0.15, -0.1) is 0 Å². The van der Waals surface area contributed by atoms with Gasteiger partial charge >= 0.3 is 175 Å². The van der Waals surface area contributed by atoms with Crippen LogP contribution < -0.4 is 14.5 Å². The summed E-state index contributed by atoms with van der Waals surface area (Å²) >= 11 is -2.77. The van der Waals surface area contributed by atoms with Crippen LogP contribution in [0.3, 0.4) is 0 Å². The second-order valence-corrected chi connectivity index (χ2v) is 21.3. The molecule has 0 aliphatic heterocycles. The third-order valence-electron chi connectivity index (χ3n) is 6.06. The molecule has 0 atom stereocenters. The molecule has 4 nitrogen and oxygen atoms in total. The van der Waals surface area contributed by atoms with Gasteiger partial charge in [-0.1, -0.05) is 0 Å². The summed E-state index contributed by atoms with van der Waals surface area (Å²) in [6.07, 6.45) is 9.41. The fourth-order valence-corrected chi connectivity index (χ4v) is 20.7. The Morgan fingerprint density at radius 3 is 2.04 bits per heavy atom. The number of anilines is 1. The average molecular weight is 492 g/mol. The maximum absolute atomic E-state index is 13.6. The van der Waals surface area contributed by atoms with E-state index in [4.69, 9.17) is 0 Å². The molecule has 0 saturated carbocycles. The van der Waals surface area contributed by atoms with Crippen LogP contribution in [0.1, 0.15) is 66.2 Å². The standard InChI is InChI=1S/C11H12N3O.3C4H9.Sn/c1-3-12-10-6-9-8(7-13-10)4-5-11(15)14(9)2;3*1-3-4-2;/h4,6-7H,3H2,1-2H3,(H,12,13);3*1,3-4H2,2H3;. The van der Waals surface area contributed by atoms with Gasteiger partial charge in [-0.05, 0) is 0 Å². The number of unbranched alkanes of at least 4 members (excludes halogenated alkanes) is 3. The zero-order valence-corrected chi connectivity index (χ0v) is 21.5. The molecule has 2 aromatic heterocycles. The predicted molar refractivity (Wildman–Crippen MR) is 126 cm³/mol. The Bertz CT molecular complexity index is 794. The molecule has 28 heavy (non-hydrogen) atoms. The monoisotopic (exact) mass is 493 g/mol. The molecule has 2 rings (SSSR count). The fraction of sp³-hybridized carbons (Fsp3) is 0.652. The van der Waals surface area contributed by atoms with Crippen LogP contribution in [0.2, 0.25) is 13.3 Å². The van der Waals surface area contributed by atoms with Crippen LogP contribution in [0.15, 0.2) is 23.1 Å². The topological polar surface area (TPSA) is 46.9 Å². The van der Waals surface area contributed by atoms with E-state index >= 15 is 0 Å². The minimum absolute atomic E-state index is 0.264. The number of fused-ring (bicyclic) bond motifs is 1. The van der Waals surface area contributed by atoms with Crippen molar-refractivity contribution in [2.75, 3.05) is 11.9 Å². The number of aryl methyl sites for hydroxylation is 1. The van der Waals surface area contributed by atoms with Crippen LogP contribution in [-0.4, -0.2) is 34.5 Å². The Morgan fingerprint density at radius 1 is 0.964 bits per heavy atom. The van der Waals surface area contributed by atoms with Gasteiger partial charge in [-0.2, -0.15) is 0 Å². The molecule has 0 amide bonds. The van der Waals surface area contributed by atoms with E-state index in [1.165, 1.54) is 55.4 Å². The molecule has 2 aromatic rings. The number of nitrogens with one attached hydrogen (secondary N) is 1. The summed E-state index contributed by atoms with van der Waals surface area (Å²) in [6, 6.07) is 4.27. The first kappa shape index (κ1) is 23.2. The van der Waals surface area contributed by atoms with E-state index in [1.807, 2.05) is 23.9 Å². The van der Waals surface area contributed by atoms with E-state index in [0.717, 1.165) is 23.3 Å². The van der Waals surface area contributed by atoms with Crippen molar-refractivity contribution in [2.24, 2.45) is 7.05 Å². The van der Waals surface area contributed by atoms with Gasteiger partial charge in [-0.3, -0.25) is 0 Å². The fourth-order valence-electron chi connectivity index (χ4n) is 4.35. The first-order valence-electron chi connectivity index (χ1n) is 11.3. The molecular weight excluding hydrogens is 453 g/mol. The average Bonchev–Trinajstić information content (AvgIpc) is 2.71. The number of hydrogen-bond donors (Lipinski definition) is 1. The van der Waals surface area contributed by atoms with Crippen molar-refractivity contribution in [3.8, 4) is 0 Å². The van der Waals surface area contributed by atoms with Crippen molar-refractivity contribution in [1.82, 2.24) is 9.55 Å². The Kier molecular flexibility index (Phi) is 9.31. The van der Waals surface area contributed by atoms with Crippen LogP contribution in [0.5, 0.6) is 0 Å². The van der Waals surface area contributed by atoms with Crippen molar-refractivity contribution < 1.29 is 0 Å². The van der Waals surface area contributed by atoms with Crippen molar-refractivity contribution in [3.63, 3.8) is 0 Å². The molecule has 0 aliphatic rings. The van der Waals surface area contributed by atoms with Gasteiger partial charge in [0.25, 0.3) is 0 Å². The molecule has 156 valence electrons. The summed E-state index contributed by atoms with van der Waals surface area (Å²) in [5, 5.41) is 4.38. The van der Waals surface area contributed by atoms with E-state index in [9.17, 15) is 4.79 Å². The number of nitrogens with zero attached hydrogens (tertiary/aromatic N) is 2. The Morgan fingerprint density at radius 2 is 1.54 bits per heavy atom. The maximum atomic E-state index is 13.6. The molecule has 2 heterocycles. The minimum atomic E-state index is -2.77. The zero-order valence-electron chi connectivity index (χ0n) is 18.6. The number of aromatic nitrogens is 2. The molecular formula is C23H39N3OSn.